The average molecular weight is 648 g/mol. The molecule has 3 heterocycles. The van der Waals surface area contributed by atoms with E-state index in [1.807, 2.05) is 49.4 Å². The van der Waals surface area contributed by atoms with Crippen LogP contribution in [0.2, 0.25) is 0 Å². The number of aryl methyl sites for hydroxylation is 1. The van der Waals surface area contributed by atoms with E-state index in [0.717, 1.165) is 34.1 Å². The number of aromatic nitrogens is 1. The highest BCUT2D eigenvalue weighted by Gasteiger charge is 2.38. The summed E-state index contributed by atoms with van der Waals surface area (Å²) >= 11 is 0. The topological polar surface area (TPSA) is 53.5 Å². The van der Waals surface area contributed by atoms with Crippen LogP contribution in [0, 0.1) is 6.92 Å². The number of rotatable bonds is 4. The summed E-state index contributed by atoms with van der Waals surface area (Å²) in [4.78, 5) is 9.36. The summed E-state index contributed by atoms with van der Waals surface area (Å²) < 4.78 is 28.1. The maximum Gasteiger partial charge on any atom is 0.223 e. The first-order valence-electron chi connectivity index (χ1n) is 16.3. The van der Waals surface area contributed by atoms with Gasteiger partial charge < -0.3 is 9.80 Å². The first-order chi connectivity index (χ1) is 23.0. The molecular weight excluding hydrogens is 611 g/mol. The maximum absolute atomic E-state index is 14.0. The summed E-state index contributed by atoms with van der Waals surface area (Å²) in [7, 11) is -3.88. The number of fused-ring (bicyclic) bond motifs is 4. The molecule has 5 aromatic carbocycles. The number of sulfone groups is 1. The Balaban J connectivity index is 1.16. The summed E-state index contributed by atoms with van der Waals surface area (Å²) in [5, 5.41) is 0.0332. The van der Waals surface area contributed by atoms with Crippen molar-refractivity contribution in [1.29, 1.82) is 0 Å². The first kappa shape index (κ1) is 30.2. The SMILES string of the molecule is Cc1nc(S(=O)(=O)c2ccc(N3c4ccccc4C(C)(C)c4ccccc43)cc2)ccc1N1c2ccccc2C(C)(C)c2ccccc21. The molecule has 238 valence electrons. The van der Waals surface area contributed by atoms with Crippen LogP contribution in [-0.4, -0.2) is 13.4 Å². The van der Waals surface area contributed by atoms with Crippen molar-refractivity contribution in [3.63, 3.8) is 0 Å². The van der Waals surface area contributed by atoms with Gasteiger partial charge in [0.25, 0.3) is 0 Å². The summed E-state index contributed by atoms with van der Waals surface area (Å²) in [5.74, 6) is 0. The average Bonchev–Trinajstić information content (AvgIpc) is 3.09. The third-order valence-corrected chi connectivity index (χ3v) is 11.9. The van der Waals surface area contributed by atoms with Crippen molar-refractivity contribution >= 4 is 44.0 Å². The van der Waals surface area contributed by atoms with Crippen LogP contribution in [0.15, 0.2) is 143 Å². The van der Waals surface area contributed by atoms with Crippen LogP contribution < -0.4 is 9.80 Å². The second-order valence-electron chi connectivity index (χ2n) is 13.7. The zero-order valence-corrected chi connectivity index (χ0v) is 28.6. The van der Waals surface area contributed by atoms with Gasteiger partial charge in [0.05, 0.1) is 39.0 Å². The van der Waals surface area contributed by atoms with Crippen LogP contribution in [0.5, 0.6) is 0 Å². The van der Waals surface area contributed by atoms with Gasteiger partial charge in [-0.2, -0.15) is 0 Å². The van der Waals surface area contributed by atoms with Crippen LogP contribution in [0.1, 0.15) is 55.6 Å². The van der Waals surface area contributed by atoms with Crippen molar-refractivity contribution in [3.8, 4) is 0 Å². The predicted octanol–water partition coefficient (Wildman–Crippen LogP) is 10.4. The molecule has 0 amide bonds. The van der Waals surface area contributed by atoms with E-state index in [0.29, 0.717) is 5.69 Å². The molecular formula is C42H37N3O2S. The van der Waals surface area contributed by atoms with Crippen LogP contribution >= 0.6 is 0 Å². The van der Waals surface area contributed by atoms with E-state index in [1.54, 1.807) is 18.2 Å². The molecule has 6 aromatic rings. The van der Waals surface area contributed by atoms with E-state index < -0.39 is 9.84 Å². The molecule has 1 aromatic heterocycles. The van der Waals surface area contributed by atoms with Gasteiger partial charge in [0.15, 0.2) is 5.03 Å². The van der Waals surface area contributed by atoms with E-state index in [-0.39, 0.29) is 20.8 Å². The number of benzene rings is 5. The maximum atomic E-state index is 14.0. The Labute approximate surface area is 283 Å². The molecule has 48 heavy (non-hydrogen) atoms. The molecule has 0 fully saturated rings. The Morgan fingerprint density at radius 2 is 0.875 bits per heavy atom. The molecule has 2 aliphatic rings. The zero-order valence-electron chi connectivity index (χ0n) is 27.8. The molecule has 0 spiro atoms. The van der Waals surface area contributed by atoms with Crippen molar-refractivity contribution in [1.82, 2.24) is 4.98 Å². The lowest BCUT2D eigenvalue weighted by atomic mass is 9.73. The minimum atomic E-state index is -3.88. The van der Waals surface area contributed by atoms with Gasteiger partial charge in [-0.05, 0) is 89.8 Å². The number of hydrogen-bond donors (Lipinski definition) is 0. The lowest BCUT2D eigenvalue weighted by Gasteiger charge is -2.42. The predicted molar refractivity (Wildman–Crippen MR) is 194 cm³/mol. The summed E-state index contributed by atoms with van der Waals surface area (Å²) in [5.41, 5.74) is 11.2. The molecule has 0 saturated carbocycles. The number of pyridine rings is 1. The standard InChI is InChI=1S/C42H37N3O2S/c1-28-35(45-38-20-12-8-16-33(38)42(4,5)34-17-9-13-21-39(34)45)26-27-40(43-28)48(46,47)30-24-22-29(23-25-30)44-36-18-10-6-14-31(36)41(2,3)32-15-7-11-19-37(32)44/h6-27H,1-5H3. The Morgan fingerprint density at radius 3 is 1.29 bits per heavy atom. The Morgan fingerprint density at radius 1 is 0.479 bits per heavy atom. The highest BCUT2D eigenvalue weighted by molar-refractivity contribution is 7.91. The van der Waals surface area contributed by atoms with Gasteiger partial charge in [0.2, 0.25) is 9.84 Å². The number of anilines is 6. The fourth-order valence-electron chi connectivity index (χ4n) is 7.69. The number of nitrogens with zero attached hydrogens (tertiary/aromatic N) is 3. The van der Waals surface area contributed by atoms with E-state index >= 15 is 0 Å². The quantitative estimate of drug-likeness (QED) is 0.191. The third kappa shape index (κ3) is 4.36. The van der Waals surface area contributed by atoms with Crippen molar-refractivity contribution in [2.45, 2.75) is 55.4 Å². The fraction of sp³-hybridized carbons (Fsp3) is 0.167. The molecule has 0 radical (unpaired) electrons. The molecule has 0 unspecified atom stereocenters. The molecule has 8 rings (SSSR count). The second-order valence-corrected chi connectivity index (χ2v) is 15.6. The van der Waals surface area contributed by atoms with Gasteiger partial charge in [-0.3, -0.25) is 0 Å². The number of hydrogen-bond acceptors (Lipinski definition) is 5. The van der Waals surface area contributed by atoms with Gasteiger partial charge in [-0.15, -0.1) is 0 Å². The summed E-state index contributed by atoms with van der Waals surface area (Å²) in [6, 6.07) is 44.4. The second kappa shape index (κ2) is 10.7. The van der Waals surface area contributed by atoms with Gasteiger partial charge in [-0.1, -0.05) is 100 Å². The van der Waals surface area contributed by atoms with E-state index in [9.17, 15) is 8.42 Å². The largest absolute Gasteiger partial charge is 0.310 e. The number of para-hydroxylation sites is 4. The molecule has 0 atom stereocenters. The first-order valence-corrected chi connectivity index (χ1v) is 17.8. The molecule has 0 bridgehead atoms. The minimum Gasteiger partial charge on any atom is -0.310 e. The highest BCUT2D eigenvalue weighted by Crippen LogP contribution is 2.53. The van der Waals surface area contributed by atoms with Gasteiger partial charge in [0, 0.05) is 16.5 Å². The minimum absolute atomic E-state index is 0.0332. The van der Waals surface area contributed by atoms with Gasteiger partial charge >= 0.3 is 0 Å². The van der Waals surface area contributed by atoms with E-state index in [2.05, 4.69) is 110 Å². The lowest BCUT2D eigenvalue weighted by Crippen LogP contribution is -2.30. The fourth-order valence-corrected chi connectivity index (χ4v) is 8.93. The smallest absolute Gasteiger partial charge is 0.223 e. The van der Waals surface area contributed by atoms with Gasteiger partial charge in [0.1, 0.15) is 0 Å². The Kier molecular flexibility index (Phi) is 6.70. The third-order valence-electron chi connectivity index (χ3n) is 10.2. The monoisotopic (exact) mass is 647 g/mol. The Bertz CT molecular complexity index is 2240. The summed E-state index contributed by atoms with van der Waals surface area (Å²) in [6.07, 6.45) is 0. The van der Waals surface area contributed by atoms with Crippen molar-refractivity contribution in [2.24, 2.45) is 0 Å². The van der Waals surface area contributed by atoms with Crippen molar-refractivity contribution < 1.29 is 8.42 Å². The molecule has 6 heteroatoms. The van der Waals surface area contributed by atoms with E-state index in [4.69, 9.17) is 4.98 Å². The van der Waals surface area contributed by atoms with Crippen molar-refractivity contribution in [2.75, 3.05) is 9.80 Å². The molecule has 0 N–H and O–H groups in total. The van der Waals surface area contributed by atoms with Crippen molar-refractivity contribution in [3.05, 3.63) is 161 Å². The van der Waals surface area contributed by atoms with E-state index in [1.165, 1.54) is 22.3 Å². The molecule has 2 aliphatic heterocycles. The van der Waals surface area contributed by atoms with Crippen LogP contribution in [-0.2, 0) is 20.7 Å². The molecule has 0 aliphatic carbocycles. The summed E-state index contributed by atoms with van der Waals surface area (Å²) in [6.45, 7) is 10.9. The molecule has 0 saturated heterocycles. The highest BCUT2D eigenvalue weighted by atomic mass is 32.2. The van der Waals surface area contributed by atoms with Crippen LogP contribution in [0.3, 0.4) is 0 Å². The van der Waals surface area contributed by atoms with Crippen LogP contribution in [0.25, 0.3) is 0 Å². The van der Waals surface area contributed by atoms with Crippen LogP contribution in [0.4, 0.5) is 34.1 Å². The normalized spacial score (nSPS) is 15.6. The lowest BCUT2D eigenvalue weighted by molar-refractivity contribution is 0.592. The zero-order chi connectivity index (χ0) is 33.4. The molecule has 5 nitrogen and oxygen atoms in total. The Hall–Kier alpha value is -5.20. The van der Waals surface area contributed by atoms with Gasteiger partial charge in [-0.25, -0.2) is 13.4 Å².